The molecule has 5 heteroatoms. The number of halogens is 3. The minimum absolute atomic E-state index is 0.0626. The Morgan fingerprint density at radius 3 is 2.65 bits per heavy atom. The molecule has 2 nitrogen and oxygen atoms in total. The van der Waals surface area contributed by atoms with Crippen molar-refractivity contribution in [3.63, 3.8) is 0 Å². The van der Waals surface area contributed by atoms with E-state index in [0.717, 1.165) is 31.9 Å². The first-order valence-electron chi connectivity index (χ1n) is 6.88. The van der Waals surface area contributed by atoms with Crippen LogP contribution in [0, 0.1) is 0 Å². The van der Waals surface area contributed by atoms with Gasteiger partial charge in [-0.1, -0.05) is 19.1 Å². The van der Waals surface area contributed by atoms with E-state index in [-0.39, 0.29) is 6.04 Å². The van der Waals surface area contributed by atoms with Gasteiger partial charge in [-0.15, -0.1) is 0 Å². The molecule has 1 atom stereocenters. The molecule has 1 unspecified atom stereocenters. The van der Waals surface area contributed by atoms with E-state index >= 15 is 0 Å². The molecule has 0 aromatic heterocycles. The molecule has 1 aromatic rings. The van der Waals surface area contributed by atoms with Crippen molar-refractivity contribution in [1.82, 2.24) is 5.32 Å². The highest BCUT2D eigenvalue weighted by molar-refractivity contribution is 5.28. The Kier molecular flexibility index (Phi) is 7.02. The zero-order valence-electron chi connectivity index (χ0n) is 12.0. The average molecular weight is 289 g/mol. The van der Waals surface area contributed by atoms with Crippen molar-refractivity contribution < 1.29 is 17.9 Å². The molecule has 1 rings (SSSR count). The van der Waals surface area contributed by atoms with Gasteiger partial charge in [-0.3, -0.25) is 0 Å². The van der Waals surface area contributed by atoms with Crippen molar-refractivity contribution >= 4 is 0 Å². The van der Waals surface area contributed by atoms with Crippen LogP contribution in [0.5, 0.6) is 0 Å². The maximum absolute atomic E-state index is 12.7. The fraction of sp³-hybridized carbons (Fsp3) is 0.600. The summed E-state index contributed by atoms with van der Waals surface area (Å²) in [7, 11) is 1.62. The molecule has 0 radical (unpaired) electrons. The van der Waals surface area contributed by atoms with E-state index in [9.17, 15) is 13.2 Å². The Labute approximate surface area is 118 Å². The minimum atomic E-state index is -4.29. The van der Waals surface area contributed by atoms with Crippen molar-refractivity contribution in [2.45, 2.75) is 38.4 Å². The van der Waals surface area contributed by atoms with Gasteiger partial charge in [0.2, 0.25) is 0 Å². The van der Waals surface area contributed by atoms with Crippen LogP contribution in [0.4, 0.5) is 13.2 Å². The summed E-state index contributed by atoms with van der Waals surface area (Å²) in [5.74, 6) is 0. The third-order valence-corrected chi connectivity index (χ3v) is 3.10. The number of hydrogen-bond donors (Lipinski definition) is 1. The third kappa shape index (κ3) is 5.51. The second-order valence-electron chi connectivity index (χ2n) is 4.76. The van der Waals surface area contributed by atoms with Gasteiger partial charge >= 0.3 is 6.18 Å². The average Bonchev–Trinajstić information content (AvgIpc) is 2.42. The Morgan fingerprint density at radius 2 is 2.05 bits per heavy atom. The summed E-state index contributed by atoms with van der Waals surface area (Å²) in [6.45, 7) is 3.43. The number of nitrogens with one attached hydrogen (secondary N) is 1. The highest BCUT2D eigenvalue weighted by Crippen LogP contribution is 2.31. The van der Waals surface area contributed by atoms with Crippen molar-refractivity contribution in [2.24, 2.45) is 0 Å². The van der Waals surface area contributed by atoms with Crippen LogP contribution in [-0.4, -0.2) is 20.3 Å². The molecule has 0 bridgehead atoms. The highest BCUT2D eigenvalue weighted by Gasteiger charge is 2.30. The second kappa shape index (κ2) is 8.27. The summed E-state index contributed by atoms with van der Waals surface area (Å²) < 4.78 is 43.3. The van der Waals surface area contributed by atoms with Gasteiger partial charge in [0.25, 0.3) is 0 Å². The lowest BCUT2D eigenvalue weighted by Gasteiger charge is -2.20. The summed E-state index contributed by atoms with van der Waals surface area (Å²) in [6.07, 6.45) is -1.78. The molecule has 0 spiro atoms. The van der Waals surface area contributed by atoms with Gasteiger partial charge in [-0.25, -0.2) is 0 Å². The Hall–Kier alpha value is -1.07. The SMILES string of the molecule is CCCNC(CCCOC)c1cccc(C(F)(F)F)c1. The van der Waals surface area contributed by atoms with Gasteiger partial charge in [-0.05, 0) is 43.5 Å². The van der Waals surface area contributed by atoms with Gasteiger partial charge in [0.1, 0.15) is 0 Å². The maximum atomic E-state index is 12.7. The van der Waals surface area contributed by atoms with Crippen LogP contribution in [0.3, 0.4) is 0 Å². The fourth-order valence-corrected chi connectivity index (χ4v) is 2.07. The first-order chi connectivity index (χ1) is 9.49. The van der Waals surface area contributed by atoms with E-state index in [1.165, 1.54) is 12.1 Å². The maximum Gasteiger partial charge on any atom is 0.416 e. The zero-order chi connectivity index (χ0) is 15.0. The largest absolute Gasteiger partial charge is 0.416 e. The topological polar surface area (TPSA) is 21.3 Å². The summed E-state index contributed by atoms with van der Waals surface area (Å²) in [6, 6.07) is 5.49. The van der Waals surface area contributed by atoms with E-state index in [4.69, 9.17) is 4.74 Å². The first-order valence-corrected chi connectivity index (χ1v) is 6.88. The second-order valence-corrected chi connectivity index (χ2v) is 4.76. The molecule has 0 aliphatic rings. The molecular formula is C15H22F3NO. The normalized spacial score (nSPS) is 13.4. The molecule has 20 heavy (non-hydrogen) atoms. The number of methoxy groups -OCH3 is 1. The van der Waals surface area contributed by atoms with Crippen LogP contribution in [0.25, 0.3) is 0 Å². The molecule has 1 aromatic carbocycles. The van der Waals surface area contributed by atoms with Crippen molar-refractivity contribution in [3.05, 3.63) is 35.4 Å². The van der Waals surface area contributed by atoms with Crippen molar-refractivity contribution in [1.29, 1.82) is 0 Å². The van der Waals surface area contributed by atoms with Gasteiger partial charge in [0.05, 0.1) is 5.56 Å². The molecule has 0 amide bonds. The number of hydrogen-bond acceptors (Lipinski definition) is 2. The first kappa shape index (κ1) is 17.0. The van der Waals surface area contributed by atoms with Gasteiger partial charge < -0.3 is 10.1 Å². The Morgan fingerprint density at radius 1 is 1.30 bits per heavy atom. The minimum Gasteiger partial charge on any atom is -0.385 e. The molecule has 0 aliphatic heterocycles. The number of ether oxygens (including phenoxy) is 1. The number of benzene rings is 1. The molecule has 0 saturated heterocycles. The summed E-state index contributed by atoms with van der Waals surface area (Å²) in [5.41, 5.74) is 0.0921. The standard InChI is InChI=1S/C15H22F3NO/c1-3-9-19-14(8-5-10-20-2)12-6-4-7-13(11-12)15(16,17)18/h4,6-7,11,14,19H,3,5,8-10H2,1-2H3. The molecule has 0 fully saturated rings. The quantitative estimate of drug-likeness (QED) is 0.725. The Bertz CT molecular complexity index is 393. The van der Waals surface area contributed by atoms with Crippen LogP contribution < -0.4 is 5.32 Å². The predicted molar refractivity (Wildman–Crippen MR) is 73.6 cm³/mol. The Balaban J connectivity index is 2.83. The predicted octanol–water partition coefficient (Wildman–Crippen LogP) is 4.17. The molecule has 0 saturated carbocycles. The number of alkyl halides is 3. The van der Waals surface area contributed by atoms with E-state index < -0.39 is 11.7 Å². The molecule has 1 N–H and O–H groups in total. The van der Waals surface area contributed by atoms with Gasteiger partial charge in [-0.2, -0.15) is 13.2 Å². The van der Waals surface area contributed by atoms with E-state index in [2.05, 4.69) is 5.32 Å². The third-order valence-electron chi connectivity index (χ3n) is 3.10. The summed E-state index contributed by atoms with van der Waals surface area (Å²) >= 11 is 0. The molecule has 114 valence electrons. The van der Waals surface area contributed by atoms with Crippen LogP contribution in [-0.2, 0) is 10.9 Å². The zero-order valence-corrected chi connectivity index (χ0v) is 12.0. The summed E-state index contributed by atoms with van der Waals surface area (Å²) in [5, 5.41) is 3.30. The molecule has 0 heterocycles. The lowest BCUT2D eigenvalue weighted by atomic mass is 9.99. The van der Waals surface area contributed by atoms with Crippen LogP contribution in [0.2, 0.25) is 0 Å². The fourth-order valence-electron chi connectivity index (χ4n) is 2.07. The lowest BCUT2D eigenvalue weighted by Crippen LogP contribution is -2.23. The van der Waals surface area contributed by atoms with E-state index in [1.807, 2.05) is 6.92 Å². The van der Waals surface area contributed by atoms with Gasteiger partial charge in [0.15, 0.2) is 0 Å². The van der Waals surface area contributed by atoms with Crippen LogP contribution in [0.15, 0.2) is 24.3 Å². The van der Waals surface area contributed by atoms with Crippen molar-refractivity contribution in [3.8, 4) is 0 Å². The monoisotopic (exact) mass is 289 g/mol. The molecular weight excluding hydrogens is 267 g/mol. The molecule has 0 aliphatic carbocycles. The van der Waals surface area contributed by atoms with Crippen molar-refractivity contribution in [2.75, 3.05) is 20.3 Å². The number of rotatable bonds is 8. The van der Waals surface area contributed by atoms with Gasteiger partial charge in [0, 0.05) is 19.8 Å². The highest BCUT2D eigenvalue weighted by atomic mass is 19.4. The van der Waals surface area contributed by atoms with E-state index in [0.29, 0.717) is 12.2 Å². The summed E-state index contributed by atoms with van der Waals surface area (Å²) in [4.78, 5) is 0. The smallest absolute Gasteiger partial charge is 0.385 e. The van der Waals surface area contributed by atoms with Crippen LogP contribution in [0.1, 0.15) is 43.4 Å². The lowest BCUT2D eigenvalue weighted by molar-refractivity contribution is -0.137. The van der Waals surface area contributed by atoms with E-state index in [1.54, 1.807) is 13.2 Å². The van der Waals surface area contributed by atoms with Crippen LogP contribution >= 0.6 is 0 Å².